The van der Waals surface area contributed by atoms with Gasteiger partial charge in [-0.05, 0) is 174 Å². The van der Waals surface area contributed by atoms with Crippen LogP contribution in [0.15, 0.2) is 36.5 Å². The molecule has 13 rings (SSSR count). The van der Waals surface area contributed by atoms with E-state index in [2.05, 4.69) is 26.7 Å². The van der Waals surface area contributed by atoms with Gasteiger partial charge in [-0.3, -0.25) is 43.5 Å². The molecule has 388 valence electrons. The van der Waals surface area contributed by atoms with E-state index < -0.39 is 55.0 Å². The van der Waals surface area contributed by atoms with Gasteiger partial charge in [-0.2, -0.15) is 0 Å². The highest BCUT2D eigenvalue weighted by Crippen LogP contribution is 2.73. The summed E-state index contributed by atoms with van der Waals surface area (Å²) < 4.78 is 28.9. The molecular weight excluding hydrogens is 930 g/mol. The number of fused-ring (bicyclic) bond motifs is 26. The molecule has 10 saturated carbocycles. The van der Waals surface area contributed by atoms with Crippen molar-refractivity contribution < 1.29 is 66.9 Å². The topological polar surface area (TPSA) is 211 Å². The molecule has 1 N–H and O–H groups in total. The second kappa shape index (κ2) is 17.8. The normalized spacial score (nSPS) is 44.5. The predicted molar refractivity (Wildman–Crippen MR) is 250 cm³/mol. The van der Waals surface area contributed by atoms with Gasteiger partial charge in [-0.15, -0.1) is 0 Å². The number of aliphatic hydroxyl groups is 1. The number of aliphatic hydroxyl groups excluding tert-OH is 1. The van der Waals surface area contributed by atoms with Crippen LogP contribution in [0.2, 0.25) is 0 Å². The van der Waals surface area contributed by atoms with Crippen LogP contribution in [0, 0.1) is 107 Å². The van der Waals surface area contributed by atoms with Crippen LogP contribution in [0.25, 0.3) is 0 Å². The molecule has 0 aromatic rings. The SMILES string of the molecule is C=C(C)C(=O)OCC(=O)N1C(=O)C2C3CC(C4C5CC(F)C(C5)C34)C21.C=C(C)C(=O)OCC(=O)N1C(=O)C2C3CC(C4C5CC(O)C(C5)C34)C21.C=C(C)C(=O)OCC(=O)N1C(=O)C2CC3CC(C)CC3CC21. The van der Waals surface area contributed by atoms with Crippen molar-refractivity contribution in [3.63, 3.8) is 0 Å². The number of rotatable bonds is 9. The molecule has 13 aliphatic rings. The van der Waals surface area contributed by atoms with Crippen molar-refractivity contribution in [2.24, 2.45) is 107 Å². The zero-order valence-electron chi connectivity index (χ0n) is 41.7. The van der Waals surface area contributed by atoms with Crippen LogP contribution in [0.1, 0.15) is 91.9 Å². The Bertz CT molecular complexity index is 2360. The average molecular weight is 998 g/mol. The van der Waals surface area contributed by atoms with Crippen LogP contribution in [0.5, 0.6) is 0 Å². The van der Waals surface area contributed by atoms with Crippen molar-refractivity contribution >= 4 is 53.4 Å². The monoisotopic (exact) mass is 997 g/mol. The van der Waals surface area contributed by atoms with Gasteiger partial charge < -0.3 is 19.3 Å². The first kappa shape index (κ1) is 49.2. The molecule has 17 heteroatoms. The molecular formula is C55H68FN3O13. The Morgan fingerprint density at radius 3 is 1.43 bits per heavy atom. The van der Waals surface area contributed by atoms with Gasteiger partial charge in [0, 0.05) is 16.7 Å². The molecule has 8 bridgehead atoms. The number of carbonyl (C=O) groups excluding carboxylic acids is 9. The maximum Gasteiger partial charge on any atom is 0.333 e. The summed E-state index contributed by atoms with van der Waals surface area (Å²) in [5.74, 6) is 3.07. The number of carbonyl (C=O) groups is 9. The highest BCUT2D eigenvalue weighted by atomic mass is 19.1. The van der Waals surface area contributed by atoms with Gasteiger partial charge in [0.1, 0.15) is 6.17 Å². The lowest BCUT2D eigenvalue weighted by Crippen LogP contribution is -2.68. The Morgan fingerprint density at radius 1 is 0.514 bits per heavy atom. The molecule has 3 saturated heterocycles. The number of alkyl halides is 1. The highest BCUT2D eigenvalue weighted by molar-refractivity contribution is 6.05. The first-order valence-electron chi connectivity index (χ1n) is 26.6. The van der Waals surface area contributed by atoms with Gasteiger partial charge in [0.15, 0.2) is 19.8 Å². The lowest BCUT2D eigenvalue weighted by molar-refractivity contribution is -0.180. The second-order valence-electron chi connectivity index (χ2n) is 24.5. The number of imide groups is 3. The van der Waals surface area contributed by atoms with E-state index in [1.807, 2.05) is 0 Å². The fraction of sp³-hybridized carbons (Fsp3) is 0.727. The molecule has 0 spiro atoms. The maximum absolute atomic E-state index is 14.2. The summed E-state index contributed by atoms with van der Waals surface area (Å²) in [7, 11) is 0. The molecule has 6 amide bonds. The first-order chi connectivity index (χ1) is 34.2. The minimum absolute atomic E-state index is 0.00680. The first-order valence-corrected chi connectivity index (χ1v) is 26.6. The summed E-state index contributed by atoms with van der Waals surface area (Å²) in [6.45, 7) is 16.1. The van der Waals surface area contributed by atoms with Crippen LogP contribution in [0.4, 0.5) is 4.39 Å². The van der Waals surface area contributed by atoms with Crippen molar-refractivity contribution in [3.05, 3.63) is 36.5 Å². The third kappa shape index (κ3) is 7.36. The molecule has 3 aliphatic heterocycles. The number of esters is 3. The number of hydrogen-bond donors (Lipinski definition) is 1. The summed E-state index contributed by atoms with van der Waals surface area (Å²) in [5, 5.41) is 10.2. The van der Waals surface area contributed by atoms with Crippen LogP contribution in [0.3, 0.4) is 0 Å². The van der Waals surface area contributed by atoms with Crippen molar-refractivity contribution in [1.82, 2.24) is 14.7 Å². The molecule has 3 heterocycles. The molecule has 13 fully saturated rings. The number of likely N-dealkylation sites (tertiary alicyclic amines) is 3. The van der Waals surface area contributed by atoms with Crippen LogP contribution >= 0.6 is 0 Å². The van der Waals surface area contributed by atoms with Crippen molar-refractivity contribution in [3.8, 4) is 0 Å². The molecule has 23 atom stereocenters. The molecule has 23 unspecified atom stereocenters. The van der Waals surface area contributed by atoms with E-state index in [1.54, 1.807) is 0 Å². The fourth-order valence-electron chi connectivity index (χ4n) is 18.6. The van der Waals surface area contributed by atoms with E-state index in [9.17, 15) is 52.6 Å². The van der Waals surface area contributed by atoms with Gasteiger partial charge >= 0.3 is 17.9 Å². The van der Waals surface area contributed by atoms with E-state index in [4.69, 9.17) is 14.2 Å². The van der Waals surface area contributed by atoms with Gasteiger partial charge in [-0.25, -0.2) is 18.8 Å². The average Bonchev–Trinajstić information content (AvgIpc) is 4.21. The summed E-state index contributed by atoms with van der Waals surface area (Å²) in [6.07, 6.45) is 8.91. The Balaban J connectivity index is 0.000000117. The fourth-order valence-corrected chi connectivity index (χ4v) is 18.6. The molecule has 10 aliphatic carbocycles. The van der Waals surface area contributed by atoms with E-state index in [0.29, 0.717) is 77.4 Å². The number of β-lactam (4-membered cyclic amide) rings is 3. The molecule has 0 radical (unpaired) electrons. The van der Waals surface area contributed by atoms with Gasteiger partial charge in [0.05, 0.1) is 42.0 Å². The zero-order chi connectivity index (χ0) is 51.3. The van der Waals surface area contributed by atoms with Crippen molar-refractivity contribution in [2.45, 2.75) is 122 Å². The highest BCUT2D eigenvalue weighted by Gasteiger charge is 2.76. The van der Waals surface area contributed by atoms with E-state index >= 15 is 0 Å². The third-order valence-corrected chi connectivity index (χ3v) is 20.8. The third-order valence-electron chi connectivity index (χ3n) is 20.8. The summed E-state index contributed by atoms with van der Waals surface area (Å²) in [5.41, 5.74) is 0.719. The molecule has 72 heavy (non-hydrogen) atoms. The largest absolute Gasteiger partial charge is 0.452 e. The Morgan fingerprint density at radius 2 is 0.944 bits per heavy atom. The number of nitrogens with zero attached hydrogens (tertiary/aromatic N) is 3. The Labute approximate surface area is 418 Å². The Hall–Kier alpha value is -5.06. The van der Waals surface area contributed by atoms with Crippen LogP contribution in [-0.4, -0.2) is 123 Å². The number of hydrogen-bond acceptors (Lipinski definition) is 13. The van der Waals surface area contributed by atoms with Crippen LogP contribution in [-0.2, 0) is 57.4 Å². The molecule has 0 aromatic carbocycles. The summed E-state index contributed by atoms with van der Waals surface area (Å²) in [4.78, 5) is 113. The summed E-state index contributed by atoms with van der Waals surface area (Å²) >= 11 is 0. The predicted octanol–water partition coefficient (Wildman–Crippen LogP) is 4.38. The smallest absolute Gasteiger partial charge is 0.333 e. The number of ether oxygens (including phenoxy) is 3. The molecule has 16 nitrogen and oxygen atoms in total. The minimum Gasteiger partial charge on any atom is -0.452 e. The van der Waals surface area contributed by atoms with Gasteiger partial charge in [-0.1, -0.05) is 26.7 Å². The van der Waals surface area contributed by atoms with Crippen molar-refractivity contribution in [2.75, 3.05) is 19.8 Å². The minimum atomic E-state index is -0.696. The van der Waals surface area contributed by atoms with E-state index in [1.165, 1.54) is 48.3 Å². The number of halogens is 1. The molecule has 0 aromatic heterocycles. The summed E-state index contributed by atoms with van der Waals surface area (Å²) in [6, 6.07) is -0.0338. The van der Waals surface area contributed by atoms with Gasteiger partial charge in [0.25, 0.3) is 17.7 Å². The van der Waals surface area contributed by atoms with Crippen LogP contribution < -0.4 is 0 Å². The quantitative estimate of drug-likeness (QED) is 0.112. The Kier molecular flexibility index (Phi) is 12.2. The maximum atomic E-state index is 14.2. The van der Waals surface area contributed by atoms with E-state index in [0.717, 1.165) is 50.9 Å². The van der Waals surface area contributed by atoms with E-state index in [-0.39, 0.29) is 94.9 Å². The number of amides is 6. The lowest BCUT2D eigenvalue weighted by Gasteiger charge is -2.53. The standard InChI is InChI=1S/C19H22FNO4.C19H23NO5.C17H23NO4/c1-7(2)19(24)25-6-13(22)21-17-11-5-10(16(17)18(21)23)15-9-3-8(14(11)15)4-12(9)20;1-7(2)19(24)25-6-13(22)20-17-11-5-10(16(17)18(20)23)15-9-3-8(14(11)15)4-12(9)21;1-9(2)17(21)22-8-15(19)18-14-7-12-5-10(3)4-11(12)6-13(14)16(18)20/h8-12,14-17H,1,3-6H2,2H3;8-12,14-17,21H,1,3-6H2,2H3;10-14H,1,4-8H2,2-3H3. The van der Waals surface area contributed by atoms with Crippen molar-refractivity contribution in [1.29, 1.82) is 0 Å². The van der Waals surface area contributed by atoms with Gasteiger partial charge in [0.2, 0.25) is 17.7 Å². The second-order valence-corrected chi connectivity index (χ2v) is 24.5. The lowest BCUT2D eigenvalue weighted by atomic mass is 9.61. The zero-order valence-corrected chi connectivity index (χ0v) is 41.7.